The lowest BCUT2D eigenvalue weighted by molar-refractivity contribution is 0.338. The van der Waals surface area contributed by atoms with E-state index in [1.165, 1.54) is 0 Å². The first-order valence-corrected chi connectivity index (χ1v) is 6.19. The molecule has 0 spiro atoms. The minimum atomic E-state index is -3.10. The van der Waals surface area contributed by atoms with Crippen LogP contribution in [0.2, 0.25) is 0 Å². The first kappa shape index (κ1) is 12.9. The highest BCUT2D eigenvalue weighted by molar-refractivity contribution is 7.88. The Hall–Kier alpha value is -0.130. The molecule has 13 heavy (non-hydrogen) atoms. The molecule has 0 rings (SSSR count). The fourth-order valence-electron chi connectivity index (χ4n) is 1.12. The topological polar surface area (TPSA) is 72.2 Å². The van der Waals surface area contributed by atoms with Crippen LogP contribution < -0.4 is 10.5 Å². The van der Waals surface area contributed by atoms with Crippen molar-refractivity contribution in [2.24, 2.45) is 11.1 Å². The number of sulfonamides is 1. The van der Waals surface area contributed by atoms with Gasteiger partial charge in [0.2, 0.25) is 10.0 Å². The molecule has 3 N–H and O–H groups in total. The Balaban J connectivity index is 3.84. The van der Waals surface area contributed by atoms with Crippen LogP contribution in [0.1, 0.15) is 27.2 Å². The van der Waals surface area contributed by atoms with Gasteiger partial charge in [-0.05, 0) is 11.8 Å². The van der Waals surface area contributed by atoms with E-state index in [1.54, 1.807) is 0 Å². The average molecular weight is 208 g/mol. The number of rotatable bonds is 4. The Bertz CT molecular complexity index is 241. The maximum atomic E-state index is 10.7. The molecule has 5 heteroatoms. The fraction of sp³-hybridized carbons (Fsp3) is 1.00. The van der Waals surface area contributed by atoms with Crippen LogP contribution in [0, 0.1) is 5.41 Å². The van der Waals surface area contributed by atoms with Gasteiger partial charge in [-0.3, -0.25) is 0 Å². The van der Waals surface area contributed by atoms with Gasteiger partial charge in [0.1, 0.15) is 0 Å². The van der Waals surface area contributed by atoms with Crippen molar-refractivity contribution in [3.05, 3.63) is 0 Å². The van der Waals surface area contributed by atoms with E-state index >= 15 is 0 Å². The molecule has 0 aliphatic heterocycles. The highest BCUT2D eigenvalue weighted by Crippen LogP contribution is 2.19. The quantitative estimate of drug-likeness (QED) is 0.698. The molecule has 0 bridgehead atoms. The number of hydrogen-bond acceptors (Lipinski definition) is 3. The molecule has 80 valence electrons. The van der Waals surface area contributed by atoms with Crippen LogP contribution in [0.5, 0.6) is 0 Å². The van der Waals surface area contributed by atoms with E-state index in [2.05, 4.69) is 25.5 Å². The van der Waals surface area contributed by atoms with E-state index in [9.17, 15) is 8.42 Å². The van der Waals surface area contributed by atoms with Gasteiger partial charge >= 0.3 is 0 Å². The molecule has 0 aromatic carbocycles. The van der Waals surface area contributed by atoms with Gasteiger partial charge in [-0.25, -0.2) is 13.1 Å². The number of hydrogen-bond donors (Lipinski definition) is 2. The SMILES string of the molecule is CC(C)(C)CC(N)CNS(C)(=O)=O. The van der Waals surface area contributed by atoms with Crippen molar-refractivity contribution in [3.8, 4) is 0 Å². The first-order chi connectivity index (χ1) is 5.60. The molecular formula is C8H20N2O2S. The third-order valence-electron chi connectivity index (χ3n) is 1.48. The van der Waals surface area contributed by atoms with Gasteiger partial charge in [-0.1, -0.05) is 20.8 Å². The van der Waals surface area contributed by atoms with Crippen molar-refractivity contribution in [1.82, 2.24) is 4.72 Å². The van der Waals surface area contributed by atoms with Crippen molar-refractivity contribution in [3.63, 3.8) is 0 Å². The summed E-state index contributed by atoms with van der Waals surface area (Å²) < 4.78 is 23.9. The predicted molar refractivity (Wildman–Crippen MR) is 54.9 cm³/mol. The largest absolute Gasteiger partial charge is 0.326 e. The zero-order valence-electron chi connectivity index (χ0n) is 8.79. The second kappa shape index (κ2) is 4.39. The molecule has 0 saturated heterocycles. The van der Waals surface area contributed by atoms with Crippen LogP contribution in [-0.2, 0) is 10.0 Å². The second-order valence-corrected chi connectivity index (χ2v) is 6.48. The summed E-state index contributed by atoms with van der Waals surface area (Å²) in [4.78, 5) is 0. The maximum Gasteiger partial charge on any atom is 0.208 e. The van der Waals surface area contributed by atoms with Gasteiger partial charge in [0.05, 0.1) is 6.26 Å². The highest BCUT2D eigenvalue weighted by atomic mass is 32.2. The summed E-state index contributed by atoms with van der Waals surface area (Å²) in [5.41, 5.74) is 5.88. The lowest BCUT2D eigenvalue weighted by atomic mass is 9.88. The Kier molecular flexibility index (Phi) is 4.35. The molecule has 4 nitrogen and oxygen atoms in total. The van der Waals surface area contributed by atoms with Crippen molar-refractivity contribution in [2.75, 3.05) is 12.8 Å². The first-order valence-electron chi connectivity index (χ1n) is 4.30. The zero-order valence-corrected chi connectivity index (χ0v) is 9.61. The van der Waals surface area contributed by atoms with Gasteiger partial charge in [0.25, 0.3) is 0 Å². The molecule has 0 amide bonds. The van der Waals surface area contributed by atoms with Crippen LogP contribution in [0.25, 0.3) is 0 Å². The Morgan fingerprint density at radius 2 is 1.85 bits per heavy atom. The molecule has 0 aliphatic rings. The number of nitrogens with one attached hydrogen (secondary N) is 1. The lowest BCUT2D eigenvalue weighted by Gasteiger charge is -2.22. The fourth-order valence-corrected chi connectivity index (χ4v) is 1.63. The molecule has 0 heterocycles. The van der Waals surface area contributed by atoms with Crippen molar-refractivity contribution < 1.29 is 8.42 Å². The molecule has 0 aromatic heterocycles. The summed E-state index contributed by atoms with van der Waals surface area (Å²) in [6, 6.07) is -0.116. The minimum Gasteiger partial charge on any atom is -0.326 e. The minimum absolute atomic E-state index is 0.116. The Labute approximate surface area is 80.9 Å². The van der Waals surface area contributed by atoms with Crippen molar-refractivity contribution in [2.45, 2.75) is 33.2 Å². The molecular weight excluding hydrogens is 188 g/mol. The second-order valence-electron chi connectivity index (χ2n) is 4.65. The van der Waals surface area contributed by atoms with Crippen LogP contribution in [-0.4, -0.2) is 27.3 Å². The van der Waals surface area contributed by atoms with E-state index in [0.29, 0.717) is 6.54 Å². The summed E-state index contributed by atoms with van der Waals surface area (Å²) in [5.74, 6) is 0. The summed E-state index contributed by atoms with van der Waals surface area (Å²) in [5, 5.41) is 0. The molecule has 0 fully saturated rings. The number of nitrogens with two attached hydrogens (primary N) is 1. The predicted octanol–water partition coefficient (Wildman–Crippen LogP) is 0.299. The van der Waals surface area contributed by atoms with Crippen LogP contribution in [0.3, 0.4) is 0 Å². The summed E-state index contributed by atoms with van der Waals surface area (Å²) >= 11 is 0. The maximum absolute atomic E-state index is 10.7. The standard InChI is InChI=1S/C8H20N2O2S/c1-8(2,3)5-7(9)6-10-13(4,11)12/h7,10H,5-6,9H2,1-4H3. The van der Waals surface area contributed by atoms with E-state index in [0.717, 1.165) is 12.7 Å². The Morgan fingerprint density at radius 1 is 1.38 bits per heavy atom. The molecule has 0 aliphatic carbocycles. The molecule has 0 saturated carbocycles. The van der Waals surface area contributed by atoms with E-state index < -0.39 is 10.0 Å². The highest BCUT2D eigenvalue weighted by Gasteiger charge is 2.16. The van der Waals surface area contributed by atoms with Crippen LogP contribution in [0.15, 0.2) is 0 Å². The molecule has 0 aromatic rings. The van der Waals surface area contributed by atoms with Gasteiger partial charge in [-0.2, -0.15) is 0 Å². The van der Waals surface area contributed by atoms with Crippen molar-refractivity contribution >= 4 is 10.0 Å². The summed E-state index contributed by atoms with van der Waals surface area (Å²) in [6.07, 6.45) is 1.94. The molecule has 1 atom stereocenters. The van der Waals surface area contributed by atoms with Gasteiger partial charge in [-0.15, -0.1) is 0 Å². The van der Waals surface area contributed by atoms with Crippen molar-refractivity contribution in [1.29, 1.82) is 0 Å². The average Bonchev–Trinajstić information content (AvgIpc) is 1.78. The van der Waals surface area contributed by atoms with Gasteiger partial charge in [0, 0.05) is 12.6 Å². The van der Waals surface area contributed by atoms with E-state index in [-0.39, 0.29) is 11.5 Å². The zero-order chi connectivity index (χ0) is 10.7. The van der Waals surface area contributed by atoms with Crippen LogP contribution in [0.4, 0.5) is 0 Å². The smallest absolute Gasteiger partial charge is 0.208 e. The third kappa shape index (κ3) is 9.79. The summed E-state index contributed by atoms with van der Waals surface area (Å²) in [7, 11) is -3.10. The molecule has 0 radical (unpaired) electrons. The Morgan fingerprint density at radius 3 is 2.15 bits per heavy atom. The van der Waals surface area contributed by atoms with E-state index in [4.69, 9.17) is 5.73 Å². The van der Waals surface area contributed by atoms with Gasteiger partial charge in [0.15, 0.2) is 0 Å². The van der Waals surface area contributed by atoms with Gasteiger partial charge < -0.3 is 5.73 Å². The lowest BCUT2D eigenvalue weighted by Crippen LogP contribution is -2.38. The molecule has 1 unspecified atom stereocenters. The van der Waals surface area contributed by atoms with Crippen LogP contribution >= 0.6 is 0 Å². The monoisotopic (exact) mass is 208 g/mol. The normalized spacial score (nSPS) is 15.8. The third-order valence-corrected chi connectivity index (χ3v) is 2.17. The van der Waals surface area contributed by atoms with E-state index in [1.807, 2.05) is 0 Å². The summed E-state index contributed by atoms with van der Waals surface area (Å²) in [6.45, 7) is 6.55.